The number of aliphatic carboxylic acids is 1. The molecule has 1 unspecified atom stereocenters. The maximum atomic E-state index is 10.7. The average Bonchev–Trinajstić information content (AvgIpc) is 2.65. The molecule has 1 aliphatic heterocycles. The Morgan fingerprint density at radius 2 is 2.20 bits per heavy atom. The van der Waals surface area contributed by atoms with Gasteiger partial charge in [-0.3, -0.25) is 4.79 Å². The van der Waals surface area contributed by atoms with Crippen LogP contribution in [0.5, 0.6) is 11.5 Å². The van der Waals surface area contributed by atoms with Gasteiger partial charge in [0.15, 0.2) is 17.4 Å². The predicted molar refractivity (Wildman–Crippen MR) is 48.6 cm³/mol. The van der Waals surface area contributed by atoms with Crippen molar-refractivity contribution in [1.82, 2.24) is 0 Å². The summed E-state index contributed by atoms with van der Waals surface area (Å²) in [5.41, 5.74) is 0.397. The Labute approximate surface area is 85.5 Å². The first kappa shape index (κ1) is 9.34. The Balaban J connectivity index is 2.38. The van der Waals surface area contributed by atoms with Gasteiger partial charge in [0, 0.05) is 0 Å². The van der Waals surface area contributed by atoms with E-state index < -0.39 is 11.9 Å². The van der Waals surface area contributed by atoms with Crippen LogP contribution < -0.4 is 9.47 Å². The fraction of sp³-hybridized carbons (Fsp3) is 0.200. The summed E-state index contributed by atoms with van der Waals surface area (Å²) >= 11 is 0. The van der Waals surface area contributed by atoms with Gasteiger partial charge in [0.25, 0.3) is 0 Å². The molecule has 15 heavy (non-hydrogen) atoms. The topological polar surface area (TPSA) is 79.6 Å². The summed E-state index contributed by atoms with van der Waals surface area (Å²) in [5.74, 6) is -1.29. The molecule has 0 saturated carbocycles. The van der Waals surface area contributed by atoms with Crippen molar-refractivity contribution in [3.8, 4) is 17.6 Å². The van der Waals surface area contributed by atoms with Crippen LogP contribution in [0.1, 0.15) is 11.5 Å². The molecule has 0 aliphatic carbocycles. The molecule has 5 nitrogen and oxygen atoms in total. The number of fused-ring (bicyclic) bond motifs is 1. The summed E-state index contributed by atoms with van der Waals surface area (Å²) in [6.45, 7) is 0.128. The highest BCUT2D eigenvalue weighted by Crippen LogP contribution is 2.34. The van der Waals surface area contributed by atoms with Crippen LogP contribution in [-0.4, -0.2) is 17.9 Å². The zero-order valence-electron chi connectivity index (χ0n) is 7.64. The number of benzene rings is 1. The number of ether oxygens (including phenoxy) is 2. The molecule has 1 aliphatic rings. The lowest BCUT2D eigenvalue weighted by molar-refractivity contribution is -0.137. The highest BCUT2D eigenvalue weighted by molar-refractivity contribution is 5.79. The Morgan fingerprint density at radius 3 is 2.87 bits per heavy atom. The molecular weight excluding hydrogens is 198 g/mol. The van der Waals surface area contributed by atoms with E-state index in [0.717, 1.165) is 0 Å². The largest absolute Gasteiger partial charge is 0.480 e. The number of nitrogens with zero attached hydrogens (tertiary/aromatic N) is 1. The number of carbonyl (C=O) groups is 1. The second-order valence-corrected chi connectivity index (χ2v) is 3.01. The smallest absolute Gasteiger partial charge is 0.325 e. The fourth-order valence-corrected chi connectivity index (χ4v) is 1.37. The molecule has 0 fully saturated rings. The molecular formula is C10H7NO4. The molecule has 1 aromatic carbocycles. The molecule has 5 heteroatoms. The number of nitriles is 1. The Hall–Kier alpha value is -2.22. The first-order valence-electron chi connectivity index (χ1n) is 4.24. The van der Waals surface area contributed by atoms with Gasteiger partial charge in [0.05, 0.1) is 6.07 Å². The van der Waals surface area contributed by atoms with Gasteiger partial charge in [-0.25, -0.2) is 0 Å². The Morgan fingerprint density at radius 1 is 1.47 bits per heavy atom. The van der Waals surface area contributed by atoms with Crippen molar-refractivity contribution in [3.63, 3.8) is 0 Å². The SMILES string of the molecule is N#CC(C(=O)O)c1ccc2c(c1)OCO2. The highest BCUT2D eigenvalue weighted by atomic mass is 16.7. The minimum Gasteiger partial charge on any atom is -0.480 e. The zero-order valence-corrected chi connectivity index (χ0v) is 7.64. The van der Waals surface area contributed by atoms with Crippen LogP contribution in [-0.2, 0) is 4.79 Å². The van der Waals surface area contributed by atoms with Gasteiger partial charge >= 0.3 is 5.97 Å². The summed E-state index contributed by atoms with van der Waals surface area (Å²) in [4.78, 5) is 10.7. The van der Waals surface area contributed by atoms with Gasteiger partial charge in [-0.2, -0.15) is 5.26 Å². The molecule has 1 atom stereocenters. The molecule has 0 spiro atoms. The van der Waals surface area contributed by atoms with Crippen LogP contribution in [0.2, 0.25) is 0 Å². The van der Waals surface area contributed by atoms with Gasteiger partial charge in [0.2, 0.25) is 6.79 Å². The van der Waals surface area contributed by atoms with E-state index in [-0.39, 0.29) is 6.79 Å². The molecule has 0 bridgehead atoms. The summed E-state index contributed by atoms with van der Waals surface area (Å²) < 4.78 is 10.2. The maximum Gasteiger partial charge on any atom is 0.325 e. The Bertz CT molecular complexity index is 449. The van der Waals surface area contributed by atoms with E-state index in [9.17, 15) is 4.79 Å². The van der Waals surface area contributed by atoms with Gasteiger partial charge in [-0.15, -0.1) is 0 Å². The molecule has 1 N–H and O–H groups in total. The van der Waals surface area contributed by atoms with Crippen molar-refractivity contribution in [2.75, 3.05) is 6.79 Å². The van der Waals surface area contributed by atoms with E-state index in [1.165, 1.54) is 6.07 Å². The number of carboxylic acid groups (broad SMARTS) is 1. The second kappa shape index (κ2) is 3.50. The van der Waals surface area contributed by atoms with Crippen molar-refractivity contribution in [1.29, 1.82) is 5.26 Å². The molecule has 0 saturated heterocycles. The standard InChI is InChI=1S/C10H7NO4/c11-4-7(10(12)13)6-1-2-8-9(3-6)15-5-14-8/h1-3,7H,5H2,(H,12,13). The van der Waals surface area contributed by atoms with E-state index in [4.69, 9.17) is 19.8 Å². The third-order valence-corrected chi connectivity index (χ3v) is 2.11. The lowest BCUT2D eigenvalue weighted by Crippen LogP contribution is -2.08. The van der Waals surface area contributed by atoms with Crippen LogP contribution >= 0.6 is 0 Å². The fourth-order valence-electron chi connectivity index (χ4n) is 1.37. The van der Waals surface area contributed by atoms with E-state index in [0.29, 0.717) is 17.1 Å². The maximum absolute atomic E-state index is 10.7. The molecule has 0 amide bonds. The number of hydrogen-bond donors (Lipinski definition) is 1. The zero-order chi connectivity index (χ0) is 10.8. The molecule has 1 aromatic rings. The first-order valence-corrected chi connectivity index (χ1v) is 4.24. The minimum absolute atomic E-state index is 0.128. The first-order chi connectivity index (χ1) is 7.22. The molecule has 76 valence electrons. The van der Waals surface area contributed by atoms with Gasteiger partial charge < -0.3 is 14.6 Å². The van der Waals surface area contributed by atoms with E-state index in [2.05, 4.69) is 0 Å². The van der Waals surface area contributed by atoms with Crippen LogP contribution in [0, 0.1) is 11.3 Å². The van der Waals surface area contributed by atoms with Crippen molar-refractivity contribution in [3.05, 3.63) is 23.8 Å². The van der Waals surface area contributed by atoms with Crippen LogP contribution in [0.25, 0.3) is 0 Å². The third-order valence-electron chi connectivity index (χ3n) is 2.11. The summed E-state index contributed by atoms with van der Waals surface area (Å²) in [6, 6.07) is 6.38. The van der Waals surface area contributed by atoms with E-state index in [1.54, 1.807) is 18.2 Å². The number of carboxylic acids is 1. The molecule has 0 radical (unpaired) electrons. The number of rotatable bonds is 2. The minimum atomic E-state index is -1.17. The molecule has 0 aromatic heterocycles. The van der Waals surface area contributed by atoms with Gasteiger partial charge in [-0.05, 0) is 17.7 Å². The lowest BCUT2D eigenvalue weighted by Gasteiger charge is -2.04. The quantitative estimate of drug-likeness (QED) is 0.782. The van der Waals surface area contributed by atoms with E-state index >= 15 is 0 Å². The van der Waals surface area contributed by atoms with Crippen LogP contribution in [0.4, 0.5) is 0 Å². The summed E-state index contributed by atoms with van der Waals surface area (Å²) in [6.07, 6.45) is 0. The lowest BCUT2D eigenvalue weighted by atomic mass is 10.0. The Kier molecular flexibility index (Phi) is 2.18. The monoisotopic (exact) mass is 205 g/mol. The summed E-state index contributed by atoms with van der Waals surface area (Å²) in [5, 5.41) is 17.5. The van der Waals surface area contributed by atoms with Crippen molar-refractivity contribution in [2.45, 2.75) is 5.92 Å². The third kappa shape index (κ3) is 1.57. The number of hydrogen-bond acceptors (Lipinski definition) is 4. The van der Waals surface area contributed by atoms with Crippen molar-refractivity contribution in [2.24, 2.45) is 0 Å². The highest BCUT2D eigenvalue weighted by Gasteiger charge is 2.22. The van der Waals surface area contributed by atoms with Gasteiger partial charge in [-0.1, -0.05) is 6.07 Å². The van der Waals surface area contributed by atoms with Crippen molar-refractivity contribution < 1.29 is 19.4 Å². The van der Waals surface area contributed by atoms with E-state index in [1.807, 2.05) is 0 Å². The summed E-state index contributed by atoms with van der Waals surface area (Å²) in [7, 11) is 0. The van der Waals surface area contributed by atoms with Crippen molar-refractivity contribution >= 4 is 5.97 Å². The van der Waals surface area contributed by atoms with Crippen LogP contribution in [0.3, 0.4) is 0 Å². The predicted octanol–water partition coefficient (Wildman–Crippen LogP) is 1.11. The average molecular weight is 205 g/mol. The molecule has 1 heterocycles. The second-order valence-electron chi connectivity index (χ2n) is 3.01. The normalized spacial score (nSPS) is 14.3. The van der Waals surface area contributed by atoms with Gasteiger partial charge in [0.1, 0.15) is 0 Å². The van der Waals surface area contributed by atoms with Crippen LogP contribution in [0.15, 0.2) is 18.2 Å². The molecule has 2 rings (SSSR count).